The monoisotopic (exact) mass is 406 g/mol. The van der Waals surface area contributed by atoms with Gasteiger partial charge in [0.25, 0.3) is 0 Å². The number of hydrogen-bond donors (Lipinski definition) is 0. The first kappa shape index (κ1) is 16.7. The van der Waals surface area contributed by atoms with Crippen molar-refractivity contribution in [2.45, 2.75) is 25.8 Å². The van der Waals surface area contributed by atoms with Gasteiger partial charge in [0, 0.05) is 4.88 Å². The lowest BCUT2D eigenvalue weighted by Crippen LogP contribution is -2.28. The molecule has 0 N–H and O–H groups in total. The van der Waals surface area contributed by atoms with E-state index in [1.54, 1.807) is 46.4 Å². The van der Waals surface area contributed by atoms with Crippen LogP contribution in [0.1, 0.15) is 22.4 Å². The number of aromatic nitrogens is 4. The van der Waals surface area contributed by atoms with Gasteiger partial charge in [0.05, 0.1) is 18.2 Å². The fourth-order valence-corrected chi connectivity index (χ4v) is 5.42. The summed E-state index contributed by atoms with van der Waals surface area (Å²) in [4.78, 5) is 20.2. The summed E-state index contributed by atoms with van der Waals surface area (Å²) in [6.45, 7) is 0.348. The molecule has 0 aliphatic heterocycles. The number of halogens is 1. The normalized spacial score (nSPS) is 13.6. The van der Waals surface area contributed by atoms with E-state index in [1.807, 2.05) is 0 Å². The third-order valence-electron chi connectivity index (χ3n) is 5.39. The molecule has 8 heteroatoms. The van der Waals surface area contributed by atoms with Gasteiger partial charge >= 0.3 is 5.69 Å². The largest absolute Gasteiger partial charge is 0.461 e. The van der Waals surface area contributed by atoms with E-state index in [4.69, 9.17) is 4.42 Å². The molecule has 4 aromatic heterocycles. The van der Waals surface area contributed by atoms with Crippen LogP contribution in [0.2, 0.25) is 0 Å². The van der Waals surface area contributed by atoms with Crippen LogP contribution in [0.5, 0.6) is 0 Å². The van der Waals surface area contributed by atoms with E-state index in [0.29, 0.717) is 23.8 Å². The Hall–Kier alpha value is -3.26. The summed E-state index contributed by atoms with van der Waals surface area (Å²) in [5, 5.41) is 5.44. The zero-order chi connectivity index (χ0) is 19.5. The molecule has 5 aromatic rings. The van der Waals surface area contributed by atoms with Gasteiger partial charge in [0.1, 0.15) is 10.6 Å². The highest BCUT2D eigenvalue weighted by atomic mass is 32.1. The minimum Gasteiger partial charge on any atom is -0.461 e. The molecule has 6 nitrogen and oxygen atoms in total. The molecule has 1 aromatic carbocycles. The van der Waals surface area contributed by atoms with Crippen LogP contribution in [0.25, 0.3) is 27.4 Å². The number of nitrogens with zero attached hydrogens (tertiary/aromatic N) is 4. The van der Waals surface area contributed by atoms with Crippen LogP contribution in [-0.4, -0.2) is 19.2 Å². The number of thiophene rings is 1. The highest BCUT2D eigenvalue weighted by Crippen LogP contribution is 2.39. The molecule has 1 aliphatic carbocycles. The van der Waals surface area contributed by atoms with E-state index in [0.717, 1.165) is 35.0 Å². The SMILES string of the molecule is O=c1n(Cc2ccc(F)cc2)c2sc3c(c2c2nc(-c4ccco4)nn12)CCC3. The number of fused-ring (bicyclic) bond motifs is 5. The third kappa shape index (κ3) is 2.49. The maximum atomic E-state index is 13.3. The second kappa shape index (κ2) is 6.12. The molecular weight excluding hydrogens is 391 g/mol. The fourth-order valence-electron chi connectivity index (χ4n) is 4.04. The molecule has 0 spiro atoms. The van der Waals surface area contributed by atoms with Crippen LogP contribution in [0.3, 0.4) is 0 Å². The van der Waals surface area contributed by atoms with Gasteiger partial charge in [-0.05, 0) is 54.7 Å². The van der Waals surface area contributed by atoms with Crippen molar-refractivity contribution in [2.75, 3.05) is 0 Å². The number of benzene rings is 1. The Labute approximate surface area is 167 Å². The number of rotatable bonds is 3. The topological polar surface area (TPSA) is 65.3 Å². The minimum absolute atomic E-state index is 0.262. The summed E-state index contributed by atoms with van der Waals surface area (Å²) in [6.07, 6.45) is 4.67. The molecular formula is C21H15FN4O2S. The lowest BCUT2D eigenvalue weighted by atomic mass is 10.2. The quantitative estimate of drug-likeness (QED) is 0.454. The smallest absolute Gasteiger partial charge is 0.352 e. The van der Waals surface area contributed by atoms with E-state index in [2.05, 4.69) is 10.1 Å². The first-order chi connectivity index (χ1) is 14.2. The van der Waals surface area contributed by atoms with Gasteiger partial charge in [0.15, 0.2) is 11.4 Å². The second-order valence-electron chi connectivity index (χ2n) is 7.18. The number of furan rings is 1. The highest BCUT2D eigenvalue weighted by molar-refractivity contribution is 7.19. The summed E-state index contributed by atoms with van der Waals surface area (Å²) in [7, 11) is 0. The molecule has 0 unspecified atom stereocenters. The van der Waals surface area contributed by atoms with Crippen LogP contribution in [0.15, 0.2) is 51.9 Å². The molecule has 1 aliphatic rings. The fraction of sp³-hybridized carbons (Fsp3) is 0.190. The molecule has 144 valence electrons. The van der Waals surface area contributed by atoms with Crippen molar-refractivity contribution in [3.63, 3.8) is 0 Å². The molecule has 0 saturated carbocycles. The maximum absolute atomic E-state index is 13.3. The van der Waals surface area contributed by atoms with Crippen molar-refractivity contribution in [3.8, 4) is 11.6 Å². The lowest BCUT2D eigenvalue weighted by molar-refractivity contribution is 0.576. The summed E-state index contributed by atoms with van der Waals surface area (Å²) in [6, 6.07) is 9.78. The van der Waals surface area contributed by atoms with Crippen molar-refractivity contribution >= 4 is 27.2 Å². The van der Waals surface area contributed by atoms with Gasteiger partial charge in [0.2, 0.25) is 5.82 Å². The lowest BCUT2D eigenvalue weighted by Gasteiger charge is -2.09. The summed E-state index contributed by atoms with van der Waals surface area (Å²) in [5.74, 6) is 0.625. The first-order valence-corrected chi connectivity index (χ1v) is 10.2. The third-order valence-corrected chi connectivity index (χ3v) is 6.70. The molecule has 29 heavy (non-hydrogen) atoms. The van der Waals surface area contributed by atoms with Crippen molar-refractivity contribution < 1.29 is 8.81 Å². The van der Waals surface area contributed by atoms with Gasteiger partial charge in [-0.1, -0.05) is 12.1 Å². The van der Waals surface area contributed by atoms with E-state index in [9.17, 15) is 9.18 Å². The Bertz CT molecular complexity index is 1430. The Kier molecular flexibility index (Phi) is 3.52. The van der Waals surface area contributed by atoms with E-state index in [1.165, 1.54) is 27.1 Å². The average molecular weight is 406 g/mol. The van der Waals surface area contributed by atoms with Crippen molar-refractivity contribution in [3.05, 3.63) is 75.0 Å². The zero-order valence-electron chi connectivity index (χ0n) is 15.3. The minimum atomic E-state index is -0.295. The summed E-state index contributed by atoms with van der Waals surface area (Å²) in [5.41, 5.74) is 2.43. The Morgan fingerprint density at radius 1 is 1.17 bits per heavy atom. The molecule has 0 saturated heterocycles. The van der Waals surface area contributed by atoms with E-state index >= 15 is 0 Å². The summed E-state index contributed by atoms with van der Waals surface area (Å²) >= 11 is 1.66. The first-order valence-electron chi connectivity index (χ1n) is 9.41. The molecule has 0 atom stereocenters. The van der Waals surface area contributed by atoms with Gasteiger partial charge in [-0.3, -0.25) is 4.57 Å². The van der Waals surface area contributed by atoms with Crippen molar-refractivity contribution in [2.24, 2.45) is 0 Å². The van der Waals surface area contributed by atoms with Crippen LogP contribution < -0.4 is 5.69 Å². The maximum Gasteiger partial charge on any atom is 0.352 e. The van der Waals surface area contributed by atoms with Crippen molar-refractivity contribution in [1.29, 1.82) is 0 Å². The van der Waals surface area contributed by atoms with Gasteiger partial charge in [-0.25, -0.2) is 14.2 Å². The Morgan fingerprint density at radius 3 is 2.83 bits per heavy atom. The zero-order valence-corrected chi connectivity index (χ0v) is 16.1. The Morgan fingerprint density at radius 2 is 2.03 bits per heavy atom. The summed E-state index contributed by atoms with van der Waals surface area (Å²) < 4.78 is 21.8. The molecule has 0 amide bonds. The molecule has 6 rings (SSSR count). The standard InChI is InChI=1S/C21H15FN4O2S/c22-13-8-6-12(7-9-13)11-25-20-17(14-3-1-5-16(14)29-20)19-23-18(15-4-2-10-28-15)24-26(19)21(25)27/h2,4,6-10H,1,3,5,11H2. The predicted molar refractivity (Wildman–Crippen MR) is 108 cm³/mol. The molecule has 0 radical (unpaired) electrons. The molecule has 0 bridgehead atoms. The van der Waals surface area contributed by atoms with Crippen molar-refractivity contribution in [1.82, 2.24) is 19.2 Å². The Balaban J connectivity index is 1.65. The van der Waals surface area contributed by atoms with E-state index < -0.39 is 0 Å². The second-order valence-corrected chi connectivity index (χ2v) is 8.26. The molecule has 4 heterocycles. The van der Waals surface area contributed by atoms with Gasteiger partial charge in [-0.15, -0.1) is 16.4 Å². The van der Waals surface area contributed by atoms with Crippen LogP contribution in [0.4, 0.5) is 4.39 Å². The van der Waals surface area contributed by atoms with Crippen LogP contribution >= 0.6 is 11.3 Å². The average Bonchev–Trinajstić information content (AvgIpc) is 3.48. The van der Waals surface area contributed by atoms with Crippen LogP contribution in [-0.2, 0) is 19.4 Å². The van der Waals surface area contributed by atoms with Crippen LogP contribution in [0, 0.1) is 5.82 Å². The van der Waals surface area contributed by atoms with Gasteiger partial charge in [-0.2, -0.15) is 4.52 Å². The predicted octanol–water partition coefficient (Wildman–Crippen LogP) is 4.04. The highest BCUT2D eigenvalue weighted by Gasteiger charge is 2.25. The van der Waals surface area contributed by atoms with Gasteiger partial charge < -0.3 is 4.42 Å². The number of hydrogen-bond acceptors (Lipinski definition) is 5. The molecule has 0 fully saturated rings. The van der Waals surface area contributed by atoms with E-state index in [-0.39, 0.29) is 11.5 Å². The number of aryl methyl sites for hydroxylation is 2.